The minimum Gasteiger partial charge on any atom is -0.304 e. The maximum absolute atomic E-state index is 4.32. The third-order valence-electron chi connectivity index (χ3n) is 1.70. The van der Waals surface area contributed by atoms with Gasteiger partial charge in [-0.3, -0.25) is 0 Å². The monoisotopic (exact) mass is 212 g/mol. The van der Waals surface area contributed by atoms with Crippen LogP contribution in [0, 0.1) is 6.92 Å². The van der Waals surface area contributed by atoms with E-state index in [-0.39, 0.29) is 0 Å². The van der Waals surface area contributed by atoms with E-state index in [1.54, 1.807) is 15.9 Å². The Labute approximate surface area is 85.1 Å². The van der Waals surface area contributed by atoms with Crippen LogP contribution in [0.15, 0.2) is 10.5 Å². The first kappa shape index (κ1) is 8.71. The molecular formula is C7H8N4S2. The normalized spacial score (nSPS) is 10.7. The van der Waals surface area contributed by atoms with Crippen molar-refractivity contribution in [2.45, 2.75) is 12.1 Å². The fourth-order valence-corrected chi connectivity index (χ4v) is 1.74. The van der Waals surface area contributed by atoms with Crippen LogP contribution in [0.25, 0.3) is 11.5 Å². The first-order valence-electron chi connectivity index (χ1n) is 3.69. The maximum atomic E-state index is 4.32. The highest BCUT2D eigenvalue weighted by molar-refractivity contribution is 7.80. The summed E-state index contributed by atoms with van der Waals surface area (Å²) in [6.07, 6.45) is 0. The van der Waals surface area contributed by atoms with E-state index < -0.39 is 0 Å². The molecule has 0 atom stereocenters. The van der Waals surface area contributed by atoms with Gasteiger partial charge in [0.2, 0.25) is 0 Å². The number of aromatic nitrogens is 4. The van der Waals surface area contributed by atoms with Gasteiger partial charge < -0.3 is 4.57 Å². The van der Waals surface area contributed by atoms with Crippen LogP contribution in [-0.4, -0.2) is 19.7 Å². The van der Waals surface area contributed by atoms with Gasteiger partial charge in [0.25, 0.3) is 0 Å². The summed E-state index contributed by atoms with van der Waals surface area (Å²) in [7, 11) is 1.87. The van der Waals surface area contributed by atoms with Gasteiger partial charge >= 0.3 is 0 Å². The van der Waals surface area contributed by atoms with Crippen molar-refractivity contribution in [3.63, 3.8) is 0 Å². The molecule has 6 heteroatoms. The first-order chi connectivity index (χ1) is 6.18. The third-order valence-corrected chi connectivity index (χ3v) is 2.86. The average molecular weight is 212 g/mol. The Morgan fingerprint density at radius 3 is 2.69 bits per heavy atom. The van der Waals surface area contributed by atoms with Crippen LogP contribution in [0.4, 0.5) is 0 Å². The summed E-state index contributed by atoms with van der Waals surface area (Å²) in [5, 5.41) is 11.4. The molecule has 0 aromatic carbocycles. The number of hydrogen-bond acceptors (Lipinski definition) is 5. The lowest BCUT2D eigenvalue weighted by Gasteiger charge is -1.95. The molecule has 4 nitrogen and oxygen atoms in total. The molecule has 0 bridgehead atoms. The largest absolute Gasteiger partial charge is 0.304 e. The van der Waals surface area contributed by atoms with Crippen LogP contribution in [0.3, 0.4) is 0 Å². The van der Waals surface area contributed by atoms with E-state index in [1.165, 1.54) is 0 Å². The van der Waals surface area contributed by atoms with Crippen LogP contribution >= 0.6 is 24.0 Å². The van der Waals surface area contributed by atoms with E-state index >= 15 is 0 Å². The van der Waals surface area contributed by atoms with E-state index in [1.807, 2.05) is 19.4 Å². The van der Waals surface area contributed by atoms with Gasteiger partial charge in [-0.25, -0.2) is 4.98 Å². The summed E-state index contributed by atoms with van der Waals surface area (Å²) >= 11 is 5.74. The molecule has 0 aliphatic carbocycles. The Bertz CT molecular complexity index is 431. The molecule has 0 radical (unpaired) electrons. The Morgan fingerprint density at radius 1 is 1.46 bits per heavy atom. The smallest absolute Gasteiger partial charge is 0.188 e. The molecule has 2 aromatic heterocycles. The lowest BCUT2D eigenvalue weighted by atomic mass is 10.4. The highest BCUT2D eigenvalue weighted by atomic mass is 32.1. The van der Waals surface area contributed by atoms with Gasteiger partial charge in [0.15, 0.2) is 11.0 Å². The van der Waals surface area contributed by atoms with Crippen LogP contribution in [-0.2, 0) is 7.05 Å². The second-order valence-electron chi connectivity index (χ2n) is 2.63. The van der Waals surface area contributed by atoms with Crippen molar-refractivity contribution in [2.24, 2.45) is 7.05 Å². The number of nitrogens with zero attached hydrogens (tertiary/aromatic N) is 4. The Kier molecular flexibility index (Phi) is 2.09. The molecule has 0 aliphatic heterocycles. The van der Waals surface area contributed by atoms with Gasteiger partial charge in [-0.2, -0.15) is 0 Å². The quantitative estimate of drug-likeness (QED) is 0.729. The van der Waals surface area contributed by atoms with E-state index in [0.717, 1.165) is 16.5 Å². The lowest BCUT2D eigenvalue weighted by Crippen LogP contribution is -1.93. The van der Waals surface area contributed by atoms with E-state index in [9.17, 15) is 0 Å². The zero-order chi connectivity index (χ0) is 9.42. The highest BCUT2D eigenvalue weighted by Crippen LogP contribution is 2.20. The molecule has 0 spiro atoms. The summed E-state index contributed by atoms with van der Waals surface area (Å²) < 4.78 is 1.80. The number of thiazole rings is 1. The van der Waals surface area contributed by atoms with E-state index in [4.69, 9.17) is 0 Å². The molecule has 13 heavy (non-hydrogen) atoms. The first-order valence-corrected chi connectivity index (χ1v) is 5.02. The van der Waals surface area contributed by atoms with Crippen LogP contribution in [0.2, 0.25) is 0 Å². The fourth-order valence-electron chi connectivity index (χ4n) is 1.01. The number of hydrogen-bond donors (Lipinski definition) is 1. The fraction of sp³-hybridized carbons (Fsp3) is 0.286. The molecule has 0 N–H and O–H groups in total. The topological polar surface area (TPSA) is 43.6 Å². The van der Waals surface area contributed by atoms with Crippen molar-refractivity contribution < 1.29 is 0 Å². The predicted octanol–water partition coefficient (Wildman–Crippen LogP) is 1.54. The minimum absolute atomic E-state index is 0.598. The van der Waals surface area contributed by atoms with Crippen molar-refractivity contribution in [3.8, 4) is 11.5 Å². The zero-order valence-corrected chi connectivity index (χ0v) is 8.93. The zero-order valence-electron chi connectivity index (χ0n) is 7.22. The predicted molar refractivity (Wildman–Crippen MR) is 54.1 cm³/mol. The second kappa shape index (κ2) is 3.12. The van der Waals surface area contributed by atoms with Crippen LogP contribution in [0.1, 0.15) is 5.01 Å². The summed E-state index contributed by atoms with van der Waals surface area (Å²) in [5.41, 5.74) is 0.859. The average Bonchev–Trinajstić information content (AvgIpc) is 2.62. The molecule has 2 rings (SSSR count). The van der Waals surface area contributed by atoms with Gasteiger partial charge in [-0.1, -0.05) is 0 Å². The van der Waals surface area contributed by atoms with Crippen LogP contribution < -0.4 is 0 Å². The summed E-state index contributed by atoms with van der Waals surface area (Å²) in [5.74, 6) is 0.759. The SMILES string of the molecule is Cc1nc(-c2nnc(S)n2C)cs1. The molecule has 0 saturated heterocycles. The highest BCUT2D eigenvalue weighted by Gasteiger charge is 2.10. The van der Waals surface area contributed by atoms with Gasteiger partial charge in [0.05, 0.1) is 5.01 Å². The molecule has 2 aromatic rings. The van der Waals surface area contributed by atoms with Gasteiger partial charge in [0.1, 0.15) is 5.69 Å². The number of thiol groups is 1. The molecule has 0 aliphatic rings. The molecule has 0 unspecified atom stereocenters. The van der Waals surface area contributed by atoms with E-state index in [0.29, 0.717) is 5.16 Å². The van der Waals surface area contributed by atoms with Crippen molar-refractivity contribution in [1.82, 2.24) is 19.7 Å². The maximum Gasteiger partial charge on any atom is 0.188 e. The van der Waals surface area contributed by atoms with Gasteiger partial charge in [-0.05, 0) is 6.92 Å². The van der Waals surface area contributed by atoms with Crippen molar-refractivity contribution in [3.05, 3.63) is 10.4 Å². The summed E-state index contributed by atoms with van der Waals surface area (Å²) in [4.78, 5) is 4.32. The Hall–Kier alpha value is -0.880. The Balaban J connectivity index is 2.52. The van der Waals surface area contributed by atoms with Gasteiger partial charge in [0, 0.05) is 12.4 Å². The second-order valence-corrected chi connectivity index (χ2v) is 4.10. The summed E-state index contributed by atoms with van der Waals surface area (Å²) in [6.45, 7) is 1.96. The molecule has 0 fully saturated rings. The standard InChI is InChI=1S/C7H8N4S2/c1-4-8-5(3-13-4)6-9-10-7(12)11(6)2/h3H,1-2H3,(H,10,12). The lowest BCUT2D eigenvalue weighted by molar-refractivity contribution is 0.796. The Morgan fingerprint density at radius 2 is 2.23 bits per heavy atom. The third kappa shape index (κ3) is 1.47. The van der Waals surface area contributed by atoms with E-state index in [2.05, 4.69) is 27.8 Å². The number of aryl methyl sites for hydroxylation is 1. The summed E-state index contributed by atoms with van der Waals surface area (Å²) in [6, 6.07) is 0. The molecule has 2 heterocycles. The molecule has 68 valence electrons. The minimum atomic E-state index is 0.598. The molecule has 0 amide bonds. The van der Waals surface area contributed by atoms with Crippen LogP contribution in [0.5, 0.6) is 0 Å². The van der Waals surface area contributed by atoms with Crippen molar-refractivity contribution in [2.75, 3.05) is 0 Å². The van der Waals surface area contributed by atoms with Crippen molar-refractivity contribution >= 4 is 24.0 Å². The van der Waals surface area contributed by atoms with Crippen molar-refractivity contribution in [1.29, 1.82) is 0 Å². The molecular weight excluding hydrogens is 204 g/mol. The van der Waals surface area contributed by atoms with Gasteiger partial charge in [-0.15, -0.1) is 34.2 Å². The number of rotatable bonds is 1. The molecule has 0 saturated carbocycles.